The lowest BCUT2D eigenvalue weighted by Crippen LogP contribution is -2.27. The lowest BCUT2D eigenvalue weighted by Gasteiger charge is -2.20. The van der Waals surface area contributed by atoms with Crippen LogP contribution < -0.4 is 9.64 Å². The van der Waals surface area contributed by atoms with Crippen LogP contribution in [-0.4, -0.2) is 45.3 Å². The maximum absolute atomic E-state index is 12.9. The second kappa shape index (κ2) is 8.22. The lowest BCUT2D eigenvalue weighted by molar-refractivity contribution is -0.139. The normalized spacial score (nSPS) is 11.1. The average Bonchev–Trinajstić information content (AvgIpc) is 2.64. The number of aryl methyl sites for hydroxylation is 1. The molecule has 0 saturated carbocycles. The number of anilines is 1. The van der Waals surface area contributed by atoms with E-state index in [0.29, 0.717) is 23.4 Å². The van der Waals surface area contributed by atoms with Crippen molar-refractivity contribution >= 4 is 27.4 Å². The van der Waals surface area contributed by atoms with Crippen LogP contribution in [0.4, 0.5) is 5.69 Å². The molecule has 2 aromatic carbocycles. The van der Waals surface area contributed by atoms with Crippen molar-refractivity contribution in [2.45, 2.75) is 18.2 Å². The number of aliphatic carboxylic acids is 1. The van der Waals surface area contributed by atoms with Crippen LogP contribution in [-0.2, 0) is 21.1 Å². The van der Waals surface area contributed by atoms with Crippen LogP contribution in [0.25, 0.3) is 0 Å². The highest BCUT2D eigenvalue weighted by molar-refractivity contribution is 7.90. The van der Waals surface area contributed by atoms with Gasteiger partial charge in [-0.15, -0.1) is 0 Å². The summed E-state index contributed by atoms with van der Waals surface area (Å²) in [5.41, 5.74) is 1.64. The van der Waals surface area contributed by atoms with Crippen LogP contribution >= 0.6 is 0 Å². The summed E-state index contributed by atoms with van der Waals surface area (Å²) >= 11 is 0. The summed E-state index contributed by atoms with van der Waals surface area (Å²) in [6.07, 6.45) is 1.68. The van der Waals surface area contributed by atoms with Gasteiger partial charge < -0.3 is 14.7 Å². The first-order valence-electron chi connectivity index (χ1n) is 8.19. The van der Waals surface area contributed by atoms with E-state index in [1.807, 2.05) is 6.92 Å². The quantitative estimate of drug-likeness (QED) is 0.778. The Hall–Kier alpha value is -2.87. The first-order chi connectivity index (χ1) is 12.6. The van der Waals surface area contributed by atoms with Gasteiger partial charge in [-0.25, -0.2) is 13.2 Å². The molecular formula is C19H21NO6S. The summed E-state index contributed by atoms with van der Waals surface area (Å²) in [7, 11) is -1.84. The van der Waals surface area contributed by atoms with Crippen molar-refractivity contribution in [2.24, 2.45) is 0 Å². The molecule has 8 heteroatoms. The zero-order valence-electron chi connectivity index (χ0n) is 15.3. The van der Waals surface area contributed by atoms with E-state index in [-0.39, 0.29) is 10.8 Å². The molecule has 0 unspecified atom stereocenters. The average molecular weight is 391 g/mol. The molecule has 7 nitrogen and oxygen atoms in total. The second-order valence-corrected chi connectivity index (χ2v) is 8.00. The summed E-state index contributed by atoms with van der Waals surface area (Å²) in [4.78, 5) is 25.0. The predicted octanol–water partition coefficient (Wildman–Crippen LogP) is 2.39. The van der Waals surface area contributed by atoms with Crippen molar-refractivity contribution in [3.63, 3.8) is 0 Å². The Labute approximate surface area is 158 Å². The minimum atomic E-state index is -3.43. The number of ether oxygens (including phenoxy) is 1. The molecule has 0 saturated heterocycles. The van der Waals surface area contributed by atoms with Gasteiger partial charge >= 0.3 is 5.97 Å². The van der Waals surface area contributed by atoms with E-state index in [1.54, 1.807) is 37.4 Å². The molecule has 0 fully saturated rings. The standard InChI is InChI=1S/C19H21NO6S/c1-4-13-5-10-16(27(3,24)25)11-17(13)19(23)20(2)14-6-8-15(9-7-14)26-12-18(21)22/h5-11H,4,12H2,1-3H3,(H,21,22). The molecule has 0 heterocycles. The maximum Gasteiger partial charge on any atom is 0.341 e. The molecule has 0 atom stereocenters. The van der Waals surface area contributed by atoms with Crippen molar-refractivity contribution in [3.8, 4) is 5.75 Å². The smallest absolute Gasteiger partial charge is 0.341 e. The highest BCUT2D eigenvalue weighted by Crippen LogP contribution is 2.23. The Balaban J connectivity index is 2.30. The third-order valence-electron chi connectivity index (χ3n) is 4.01. The largest absolute Gasteiger partial charge is 0.482 e. The van der Waals surface area contributed by atoms with Crippen molar-refractivity contribution < 1.29 is 27.9 Å². The SMILES string of the molecule is CCc1ccc(S(C)(=O)=O)cc1C(=O)N(C)c1ccc(OCC(=O)O)cc1. The van der Waals surface area contributed by atoms with Gasteiger partial charge in [-0.1, -0.05) is 13.0 Å². The van der Waals surface area contributed by atoms with E-state index in [9.17, 15) is 18.0 Å². The van der Waals surface area contributed by atoms with Crippen molar-refractivity contribution in [3.05, 3.63) is 53.6 Å². The predicted molar refractivity (Wildman–Crippen MR) is 101 cm³/mol. The third-order valence-corrected chi connectivity index (χ3v) is 5.12. The lowest BCUT2D eigenvalue weighted by atomic mass is 10.0. The molecule has 0 radical (unpaired) electrons. The molecular weight excluding hydrogens is 370 g/mol. The number of nitrogens with zero attached hydrogens (tertiary/aromatic N) is 1. The first-order valence-corrected chi connectivity index (χ1v) is 10.1. The Kier molecular flexibility index (Phi) is 6.22. The van der Waals surface area contributed by atoms with Gasteiger partial charge in [-0.05, 0) is 48.4 Å². The van der Waals surface area contributed by atoms with E-state index >= 15 is 0 Å². The van der Waals surface area contributed by atoms with E-state index < -0.39 is 22.4 Å². The van der Waals surface area contributed by atoms with Gasteiger partial charge in [0, 0.05) is 24.6 Å². The van der Waals surface area contributed by atoms with E-state index in [4.69, 9.17) is 9.84 Å². The summed E-state index contributed by atoms with van der Waals surface area (Å²) < 4.78 is 28.7. The highest BCUT2D eigenvalue weighted by atomic mass is 32.2. The number of benzene rings is 2. The molecule has 0 aliphatic rings. The van der Waals surface area contributed by atoms with Crippen LogP contribution in [0.15, 0.2) is 47.4 Å². The van der Waals surface area contributed by atoms with Gasteiger partial charge in [0.15, 0.2) is 16.4 Å². The molecule has 2 rings (SSSR count). The number of hydrogen-bond donors (Lipinski definition) is 1. The highest BCUT2D eigenvalue weighted by Gasteiger charge is 2.19. The molecule has 0 aliphatic carbocycles. The minimum absolute atomic E-state index is 0.0915. The number of carboxylic acids is 1. The van der Waals surface area contributed by atoms with Gasteiger partial charge in [-0.3, -0.25) is 4.79 Å². The van der Waals surface area contributed by atoms with E-state index in [1.165, 1.54) is 17.0 Å². The second-order valence-electron chi connectivity index (χ2n) is 5.99. The van der Waals surface area contributed by atoms with Gasteiger partial charge in [0.05, 0.1) is 4.90 Å². The van der Waals surface area contributed by atoms with Crippen molar-refractivity contribution in [1.29, 1.82) is 0 Å². The third kappa shape index (κ3) is 5.07. The number of hydrogen-bond acceptors (Lipinski definition) is 5. The Morgan fingerprint density at radius 2 is 1.74 bits per heavy atom. The summed E-state index contributed by atoms with van der Waals surface area (Å²) in [6.45, 7) is 1.44. The molecule has 144 valence electrons. The molecule has 1 amide bonds. The topological polar surface area (TPSA) is 101 Å². The Morgan fingerprint density at radius 1 is 1.11 bits per heavy atom. The summed E-state index contributed by atoms with van der Waals surface area (Å²) in [6, 6.07) is 10.9. The molecule has 1 N–H and O–H groups in total. The molecule has 27 heavy (non-hydrogen) atoms. The zero-order valence-corrected chi connectivity index (χ0v) is 16.1. The summed E-state index contributed by atoms with van der Waals surface area (Å²) in [5.74, 6) is -1.05. The number of rotatable bonds is 7. The molecule has 0 spiro atoms. The zero-order chi connectivity index (χ0) is 20.2. The number of amides is 1. The van der Waals surface area contributed by atoms with Crippen molar-refractivity contribution in [2.75, 3.05) is 24.8 Å². The Morgan fingerprint density at radius 3 is 2.26 bits per heavy atom. The fourth-order valence-corrected chi connectivity index (χ4v) is 3.15. The van der Waals surface area contributed by atoms with Crippen LogP contribution in [0.5, 0.6) is 5.75 Å². The van der Waals surface area contributed by atoms with Crippen LogP contribution in [0.1, 0.15) is 22.8 Å². The first kappa shape index (κ1) is 20.4. The van der Waals surface area contributed by atoms with E-state index in [2.05, 4.69) is 0 Å². The molecule has 0 aliphatic heterocycles. The van der Waals surface area contributed by atoms with E-state index in [0.717, 1.165) is 11.8 Å². The molecule has 2 aromatic rings. The molecule has 0 bridgehead atoms. The van der Waals surface area contributed by atoms with Gasteiger partial charge in [0.1, 0.15) is 5.75 Å². The molecule has 0 aromatic heterocycles. The monoisotopic (exact) mass is 391 g/mol. The number of carbonyl (C=O) groups excluding carboxylic acids is 1. The van der Waals surface area contributed by atoms with Crippen LogP contribution in [0, 0.1) is 0 Å². The van der Waals surface area contributed by atoms with Crippen molar-refractivity contribution in [1.82, 2.24) is 0 Å². The Bertz CT molecular complexity index is 951. The fourth-order valence-electron chi connectivity index (χ4n) is 2.50. The number of sulfone groups is 1. The van der Waals surface area contributed by atoms with Crippen LogP contribution in [0.3, 0.4) is 0 Å². The van der Waals surface area contributed by atoms with Crippen LogP contribution in [0.2, 0.25) is 0 Å². The number of carboxylic acid groups (broad SMARTS) is 1. The fraction of sp³-hybridized carbons (Fsp3) is 0.263. The van der Waals surface area contributed by atoms with Gasteiger partial charge in [0.2, 0.25) is 0 Å². The van der Waals surface area contributed by atoms with Gasteiger partial charge in [0.25, 0.3) is 5.91 Å². The maximum atomic E-state index is 12.9. The van der Waals surface area contributed by atoms with Gasteiger partial charge in [-0.2, -0.15) is 0 Å². The summed E-state index contributed by atoms with van der Waals surface area (Å²) in [5, 5.41) is 8.62. The minimum Gasteiger partial charge on any atom is -0.482 e. The number of carbonyl (C=O) groups is 2.